The topological polar surface area (TPSA) is 49.8 Å². The molecule has 1 aliphatic rings. The van der Waals surface area contributed by atoms with E-state index >= 15 is 0 Å². The lowest BCUT2D eigenvalue weighted by atomic mass is 9.92. The zero-order valence-corrected chi connectivity index (χ0v) is 11.2. The van der Waals surface area contributed by atoms with Gasteiger partial charge < -0.3 is 9.84 Å². The van der Waals surface area contributed by atoms with E-state index in [0.717, 1.165) is 32.5 Å². The van der Waals surface area contributed by atoms with E-state index in [9.17, 15) is 4.79 Å². The molecule has 0 aliphatic carbocycles. The van der Waals surface area contributed by atoms with Crippen molar-refractivity contribution in [1.82, 2.24) is 4.90 Å². The van der Waals surface area contributed by atoms with Crippen molar-refractivity contribution < 1.29 is 14.6 Å². The monoisotopic (exact) mass is 243 g/mol. The molecule has 0 aromatic heterocycles. The Balaban J connectivity index is 2.53. The van der Waals surface area contributed by atoms with Crippen molar-refractivity contribution in [3.8, 4) is 0 Å². The first-order chi connectivity index (χ1) is 8.04. The molecule has 17 heavy (non-hydrogen) atoms. The first kappa shape index (κ1) is 14.5. The van der Waals surface area contributed by atoms with Gasteiger partial charge in [-0.25, -0.2) is 0 Å². The molecule has 0 spiro atoms. The third kappa shape index (κ3) is 4.64. The molecule has 0 saturated carbocycles. The van der Waals surface area contributed by atoms with Gasteiger partial charge in [0.25, 0.3) is 0 Å². The third-order valence-corrected chi connectivity index (χ3v) is 3.59. The van der Waals surface area contributed by atoms with Crippen molar-refractivity contribution in [2.24, 2.45) is 11.8 Å². The lowest BCUT2D eigenvalue weighted by Gasteiger charge is -2.39. The maximum absolute atomic E-state index is 10.8. The minimum absolute atomic E-state index is 0.300. The fourth-order valence-corrected chi connectivity index (χ4v) is 2.70. The SMILES string of the molecule is COCC(C(C)C)N1CCCC(CC(=O)O)C1. The van der Waals surface area contributed by atoms with Gasteiger partial charge in [0.2, 0.25) is 0 Å². The van der Waals surface area contributed by atoms with Crippen LogP contribution in [-0.2, 0) is 9.53 Å². The fraction of sp³-hybridized carbons (Fsp3) is 0.923. The van der Waals surface area contributed by atoms with Gasteiger partial charge in [-0.3, -0.25) is 9.69 Å². The van der Waals surface area contributed by atoms with E-state index in [1.807, 2.05) is 0 Å². The van der Waals surface area contributed by atoms with E-state index in [4.69, 9.17) is 9.84 Å². The Hall–Kier alpha value is -0.610. The van der Waals surface area contributed by atoms with Crippen molar-refractivity contribution in [2.45, 2.75) is 39.2 Å². The number of aliphatic carboxylic acids is 1. The quantitative estimate of drug-likeness (QED) is 0.773. The Morgan fingerprint density at radius 2 is 2.24 bits per heavy atom. The molecule has 4 nitrogen and oxygen atoms in total. The fourth-order valence-electron chi connectivity index (χ4n) is 2.70. The summed E-state index contributed by atoms with van der Waals surface area (Å²) in [6.07, 6.45) is 2.44. The standard InChI is InChI=1S/C13H25NO3/c1-10(2)12(9-17-3)14-6-4-5-11(8-14)7-13(15)16/h10-12H,4-9H2,1-3H3,(H,15,16). The summed E-state index contributed by atoms with van der Waals surface area (Å²) in [4.78, 5) is 13.2. The zero-order chi connectivity index (χ0) is 12.8. The van der Waals surface area contributed by atoms with Crippen LogP contribution < -0.4 is 0 Å². The average molecular weight is 243 g/mol. The van der Waals surface area contributed by atoms with Gasteiger partial charge in [0.05, 0.1) is 6.61 Å². The number of hydrogen-bond donors (Lipinski definition) is 1. The first-order valence-corrected chi connectivity index (χ1v) is 6.49. The van der Waals surface area contributed by atoms with Crippen LogP contribution in [0.5, 0.6) is 0 Å². The van der Waals surface area contributed by atoms with Crippen molar-refractivity contribution in [2.75, 3.05) is 26.8 Å². The molecule has 1 aliphatic heterocycles. The molecule has 0 aromatic rings. The molecule has 1 heterocycles. The minimum Gasteiger partial charge on any atom is -0.481 e. The molecule has 2 unspecified atom stereocenters. The third-order valence-electron chi connectivity index (χ3n) is 3.59. The van der Waals surface area contributed by atoms with E-state index in [-0.39, 0.29) is 0 Å². The molecule has 1 fully saturated rings. The molecule has 1 rings (SSSR count). The van der Waals surface area contributed by atoms with E-state index < -0.39 is 5.97 Å². The highest BCUT2D eigenvalue weighted by Gasteiger charge is 2.28. The second-order valence-corrected chi connectivity index (χ2v) is 5.37. The van der Waals surface area contributed by atoms with Gasteiger partial charge in [0.1, 0.15) is 0 Å². The Morgan fingerprint density at radius 1 is 1.53 bits per heavy atom. The zero-order valence-electron chi connectivity index (χ0n) is 11.2. The molecule has 1 N–H and O–H groups in total. The predicted octanol–water partition coefficient (Wildman–Crippen LogP) is 1.84. The number of nitrogens with zero attached hydrogens (tertiary/aromatic N) is 1. The molecule has 1 saturated heterocycles. The van der Waals surface area contributed by atoms with E-state index in [1.165, 1.54) is 0 Å². The highest BCUT2D eigenvalue weighted by Crippen LogP contribution is 2.23. The Morgan fingerprint density at radius 3 is 2.76 bits per heavy atom. The summed E-state index contributed by atoms with van der Waals surface area (Å²) in [5.41, 5.74) is 0. The van der Waals surface area contributed by atoms with Crippen LogP contribution in [0.15, 0.2) is 0 Å². The number of ether oxygens (including phenoxy) is 1. The second-order valence-electron chi connectivity index (χ2n) is 5.37. The summed E-state index contributed by atoms with van der Waals surface area (Å²) < 4.78 is 5.28. The molecule has 0 radical (unpaired) electrons. The smallest absolute Gasteiger partial charge is 0.303 e. The van der Waals surface area contributed by atoms with Gasteiger partial charge in [-0.1, -0.05) is 13.8 Å². The van der Waals surface area contributed by atoms with Crippen LogP contribution in [0.3, 0.4) is 0 Å². The number of rotatable bonds is 6. The molecular formula is C13H25NO3. The van der Waals surface area contributed by atoms with Crippen molar-refractivity contribution in [3.05, 3.63) is 0 Å². The Bertz CT molecular complexity index is 243. The molecule has 0 amide bonds. The molecule has 2 atom stereocenters. The number of carboxylic acids is 1. The second kappa shape index (κ2) is 6.97. The van der Waals surface area contributed by atoms with Gasteiger partial charge in [-0.15, -0.1) is 0 Å². The van der Waals surface area contributed by atoms with Gasteiger partial charge in [0, 0.05) is 26.1 Å². The lowest BCUT2D eigenvalue weighted by Crippen LogP contribution is -2.47. The van der Waals surface area contributed by atoms with Crippen molar-refractivity contribution in [1.29, 1.82) is 0 Å². The summed E-state index contributed by atoms with van der Waals surface area (Å²) in [5, 5.41) is 8.86. The highest BCUT2D eigenvalue weighted by atomic mass is 16.5. The van der Waals surface area contributed by atoms with E-state index in [1.54, 1.807) is 7.11 Å². The minimum atomic E-state index is -0.676. The van der Waals surface area contributed by atoms with Crippen molar-refractivity contribution in [3.63, 3.8) is 0 Å². The van der Waals surface area contributed by atoms with Crippen LogP contribution in [0.4, 0.5) is 0 Å². The van der Waals surface area contributed by atoms with Gasteiger partial charge in [0.15, 0.2) is 0 Å². The first-order valence-electron chi connectivity index (χ1n) is 6.49. The number of methoxy groups -OCH3 is 1. The summed E-state index contributed by atoms with van der Waals surface area (Å²) >= 11 is 0. The molecule has 0 bridgehead atoms. The lowest BCUT2D eigenvalue weighted by molar-refractivity contribution is -0.138. The predicted molar refractivity (Wildman–Crippen MR) is 67.1 cm³/mol. The number of piperidine rings is 1. The summed E-state index contributed by atoms with van der Waals surface area (Å²) in [7, 11) is 1.73. The van der Waals surface area contributed by atoms with Crippen LogP contribution in [0.2, 0.25) is 0 Å². The maximum atomic E-state index is 10.8. The largest absolute Gasteiger partial charge is 0.481 e. The number of carboxylic acid groups (broad SMARTS) is 1. The normalized spacial score (nSPS) is 23.9. The van der Waals surface area contributed by atoms with Gasteiger partial charge in [-0.05, 0) is 31.2 Å². The number of carbonyl (C=O) groups is 1. The molecule has 100 valence electrons. The Kier molecular flexibility index (Phi) is 5.92. The van der Waals surface area contributed by atoms with E-state index in [2.05, 4.69) is 18.7 Å². The van der Waals surface area contributed by atoms with Crippen LogP contribution in [0, 0.1) is 11.8 Å². The average Bonchev–Trinajstić information content (AvgIpc) is 2.24. The van der Waals surface area contributed by atoms with Crippen LogP contribution in [0.1, 0.15) is 33.1 Å². The van der Waals surface area contributed by atoms with Crippen LogP contribution in [0.25, 0.3) is 0 Å². The van der Waals surface area contributed by atoms with Gasteiger partial charge in [-0.2, -0.15) is 0 Å². The van der Waals surface area contributed by atoms with Crippen molar-refractivity contribution >= 4 is 5.97 Å². The summed E-state index contributed by atoms with van der Waals surface area (Å²) in [6.45, 7) is 7.10. The molecule has 0 aromatic carbocycles. The molecular weight excluding hydrogens is 218 g/mol. The van der Waals surface area contributed by atoms with E-state index in [0.29, 0.717) is 24.3 Å². The van der Waals surface area contributed by atoms with Crippen LogP contribution >= 0.6 is 0 Å². The maximum Gasteiger partial charge on any atom is 0.303 e. The number of hydrogen-bond acceptors (Lipinski definition) is 3. The molecule has 4 heteroatoms. The van der Waals surface area contributed by atoms with Crippen LogP contribution in [-0.4, -0.2) is 48.8 Å². The van der Waals surface area contributed by atoms with Gasteiger partial charge >= 0.3 is 5.97 Å². The Labute approximate surface area is 104 Å². The summed E-state index contributed by atoms with van der Waals surface area (Å²) in [5.74, 6) is 0.169. The number of likely N-dealkylation sites (tertiary alicyclic amines) is 1. The highest BCUT2D eigenvalue weighted by molar-refractivity contribution is 5.67. The summed E-state index contributed by atoms with van der Waals surface area (Å²) in [6, 6.07) is 0.414.